The van der Waals surface area contributed by atoms with Crippen molar-refractivity contribution in [2.75, 3.05) is 4.90 Å². The third-order valence-electron chi connectivity index (χ3n) is 10.5. The van der Waals surface area contributed by atoms with E-state index >= 15 is 0 Å². The first-order valence-corrected chi connectivity index (χ1v) is 18.4. The lowest BCUT2D eigenvalue weighted by atomic mass is 9.94. The number of rotatable bonds is 7. The second-order valence-electron chi connectivity index (χ2n) is 13.7. The molecule has 0 atom stereocenters. The molecule has 0 radical (unpaired) electrons. The van der Waals surface area contributed by atoms with Gasteiger partial charge in [0, 0.05) is 22.1 Å². The summed E-state index contributed by atoms with van der Waals surface area (Å²) in [5.74, 6) is 0. The normalized spacial score (nSPS) is 11.3. The first kappa shape index (κ1) is 31.6. The van der Waals surface area contributed by atoms with E-state index in [4.69, 9.17) is 4.42 Å². The maximum Gasteiger partial charge on any atom is 0.143 e. The fourth-order valence-electron chi connectivity index (χ4n) is 7.83. The van der Waals surface area contributed by atoms with Gasteiger partial charge in [0.2, 0.25) is 0 Å². The van der Waals surface area contributed by atoms with E-state index in [1.165, 1.54) is 38.8 Å². The van der Waals surface area contributed by atoms with E-state index in [1.54, 1.807) is 0 Å². The van der Waals surface area contributed by atoms with Gasteiger partial charge in [-0.2, -0.15) is 0 Å². The van der Waals surface area contributed by atoms with Crippen molar-refractivity contribution in [2.45, 2.75) is 0 Å². The van der Waals surface area contributed by atoms with Crippen LogP contribution in [0.4, 0.5) is 17.1 Å². The summed E-state index contributed by atoms with van der Waals surface area (Å²) in [5, 5.41) is 4.43. The summed E-state index contributed by atoms with van der Waals surface area (Å²) in [7, 11) is 0. The predicted octanol–water partition coefficient (Wildman–Crippen LogP) is 14.9. The lowest BCUT2D eigenvalue weighted by Crippen LogP contribution is -2.10. The van der Waals surface area contributed by atoms with Crippen LogP contribution in [0.2, 0.25) is 0 Å². The highest BCUT2D eigenvalue weighted by Gasteiger charge is 2.23. The van der Waals surface area contributed by atoms with Crippen molar-refractivity contribution in [3.8, 4) is 44.5 Å². The summed E-state index contributed by atoms with van der Waals surface area (Å²) in [4.78, 5) is 2.39. The fourth-order valence-corrected chi connectivity index (χ4v) is 7.83. The van der Waals surface area contributed by atoms with E-state index in [9.17, 15) is 0 Å². The minimum absolute atomic E-state index is 0.850. The molecule has 2 nitrogen and oxygen atoms in total. The molecule has 0 amide bonds. The van der Waals surface area contributed by atoms with Crippen LogP contribution in [-0.2, 0) is 0 Å². The fraction of sp³-hybridized carbons (Fsp3) is 0. The van der Waals surface area contributed by atoms with Gasteiger partial charge in [0.15, 0.2) is 0 Å². The van der Waals surface area contributed by atoms with Crippen LogP contribution in [0.1, 0.15) is 0 Å². The van der Waals surface area contributed by atoms with Gasteiger partial charge >= 0.3 is 0 Å². The van der Waals surface area contributed by atoms with Gasteiger partial charge in [-0.1, -0.05) is 170 Å². The van der Waals surface area contributed by atoms with Gasteiger partial charge in [0.05, 0.1) is 11.1 Å². The quantitative estimate of drug-likeness (QED) is 0.166. The standard InChI is InChI=1S/C52H35NO/c1-5-15-36(16-6-1)39-25-29-43(30-26-39)53(44-31-27-40(28-32-44)37-17-7-2-8-18-37)49-33-42(38-19-9-3-10-20-38)34-50-51(49)48-35-47(41-21-11-4-12-22-41)45-23-13-14-24-46(45)52(48)54-50/h1-35H. The SMILES string of the molecule is c1ccc(-c2ccc(N(c3ccc(-c4ccccc4)cc3)c3cc(-c4ccccc4)cc4oc5c6ccccc6c(-c6ccccc6)cc5c34)cc2)cc1. The maximum absolute atomic E-state index is 7.01. The van der Waals surface area contributed by atoms with Crippen LogP contribution in [0.5, 0.6) is 0 Å². The van der Waals surface area contributed by atoms with Gasteiger partial charge in [0.25, 0.3) is 0 Å². The summed E-state index contributed by atoms with van der Waals surface area (Å²) < 4.78 is 7.01. The molecule has 0 unspecified atom stereocenters. The van der Waals surface area contributed by atoms with Gasteiger partial charge < -0.3 is 9.32 Å². The lowest BCUT2D eigenvalue weighted by Gasteiger charge is -2.27. The first-order valence-electron chi connectivity index (χ1n) is 18.4. The molecule has 1 aromatic heterocycles. The molecule has 0 aliphatic rings. The van der Waals surface area contributed by atoms with Gasteiger partial charge in [0.1, 0.15) is 11.2 Å². The van der Waals surface area contributed by atoms with Crippen molar-refractivity contribution in [2.24, 2.45) is 0 Å². The zero-order valence-corrected chi connectivity index (χ0v) is 29.6. The number of nitrogens with zero attached hydrogens (tertiary/aromatic N) is 1. The Morgan fingerprint density at radius 1 is 0.315 bits per heavy atom. The molecule has 0 spiro atoms. The van der Waals surface area contributed by atoms with Crippen LogP contribution in [0.3, 0.4) is 0 Å². The van der Waals surface area contributed by atoms with Crippen molar-refractivity contribution >= 4 is 49.8 Å². The molecular weight excluding hydrogens is 655 g/mol. The van der Waals surface area contributed by atoms with Crippen LogP contribution in [-0.4, -0.2) is 0 Å². The third kappa shape index (κ3) is 5.62. The highest BCUT2D eigenvalue weighted by Crippen LogP contribution is 2.48. The molecular formula is C52H35NO. The molecule has 254 valence electrons. The second kappa shape index (κ2) is 13.4. The zero-order valence-electron chi connectivity index (χ0n) is 29.6. The average Bonchev–Trinajstić information content (AvgIpc) is 3.64. The molecule has 0 saturated carbocycles. The monoisotopic (exact) mass is 689 g/mol. The molecule has 2 heteroatoms. The molecule has 9 aromatic carbocycles. The Balaban J connectivity index is 1.27. The Morgan fingerprint density at radius 2 is 0.741 bits per heavy atom. The molecule has 0 aliphatic heterocycles. The average molecular weight is 690 g/mol. The number of anilines is 3. The smallest absolute Gasteiger partial charge is 0.143 e. The van der Waals surface area contributed by atoms with Gasteiger partial charge in [-0.15, -0.1) is 0 Å². The lowest BCUT2D eigenvalue weighted by molar-refractivity contribution is 0.673. The maximum atomic E-state index is 7.01. The van der Waals surface area contributed by atoms with Crippen molar-refractivity contribution < 1.29 is 4.42 Å². The van der Waals surface area contributed by atoms with Crippen LogP contribution < -0.4 is 4.90 Å². The molecule has 0 aliphatic carbocycles. The predicted molar refractivity (Wildman–Crippen MR) is 228 cm³/mol. The van der Waals surface area contributed by atoms with Gasteiger partial charge in [-0.3, -0.25) is 0 Å². The molecule has 0 bridgehead atoms. The largest absolute Gasteiger partial charge is 0.455 e. The second-order valence-corrected chi connectivity index (χ2v) is 13.7. The molecule has 1 heterocycles. The van der Waals surface area contributed by atoms with Crippen LogP contribution in [0.25, 0.3) is 77.2 Å². The Bertz CT molecular complexity index is 2800. The van der Waals surface area contributed by atoms with Gasteiger partial charge in [-0.25, -0.2) is 0 Å². The number of fused-ring (bicyclic) bond motifs is 5. The molecule has 54 heavy (non-hydrogen) atoms. The number of benzene rings is 9. The molecule has 0 saturated heterocycles. The summed E-state index contributed by atoms with van der Waals surface area (Å²) >= 11 is 0. The topological polar surface area (TPSA) is 16.4 Å². The third-order valence-corrected chi connectivity index (χ3v) is 10.5. The van der Waals surface area contributed by atoms with E-state index in [1.807, 2.05) is 0 Å². The minimum Gasteiger partial charge on any atom is -0.455 e. The minimum atomic E-state index is 0.850. The number of hydrogen-bond donors (Lipinski definition) is 0. The molecule has 10 aromatic rings. The van der Waals surface area contributed by atoms with Gasteiger partial charge in [-0.05, 0) is 92.4 Å². The summed E-state index contributed by atoms with van der Waals surface area (Å²) in [6, 6.07) is 75.7. The van der Waals surface area contributed by atoms with Crippen molar-refractivity contribution in [1.29, 1.82) is 0 Å². The van der Waals surface area contributed by atoms with E-state index in [0.29, 0.717) is 0 Å². The van der Waals surface area contributed by atoms with E-state index in [-0.39, 0.29) is 0 Å². The highest BCUT2D eigenvalue weighted by molar-refractivity contribution is 6.23. The highest BCUT2D eigenvalue weighted by atomic mass is 16.3. The molecule has 10 rings (SSSR count). The van der Waals surface area contributed by atoms with Crippen LogP contribution in [0, 0.1) is 0 Å². The van der Waals surface area contributed by atoms with E-state index in [0.717, 1.165) is 55.5 Å². The Kier molecular flexibility index (Phi) is 7.85. The van der Waals surface area contributed by atoms with Crippen molar-refractivity contribution in [3.05, 3.63) is 212 Å². The van der Waals surface area contributed by atoms with Crippen molar-refractivity contribution in [1.82, 2.24) is 0 Å². The summed E-state index contributed by atoms with van der Waals surface area (Å²) in [5.41, 5.74) is 14.3. The number of furan rings is 1. The zero-order chi connectivity index (χ0) is 35.8. The van der Waals surface area contributed by atoms with Crippen molar-refractivity contribution in [3.63, 3.8) is 0 Å². The molecule has 0 N–H and O–H groups in total. The summed E-state index contributed by atoms with van der Waals surface area (Å²) in [6.07, 6.45) is 0. The van der Waals surface area contributed by atoms with Crippen LogP contribution >= 0.6 is 0 Å². The summed E-state index contributed by atoms with van der Waals surface area (Å²) in [6.45, 7) is 0. The molecule has 0 fully saturated rings. The Hall–Kier alpha value is -7.16. The number of hydrogen-bond acceptors (Lipinski definition) is 2. The van der Waals surface area contributed by atoms with E-state index < -0.39 is 0 Å². The Labute approximate surface area is 314 Å². The Morgan fingerprint density at radius 3 is 1.26 bits per heavy atom. The van der Waals surface area contributed by atoms with E-state index in [2.05, 4.69) is 217 Å². The first-order chi connectivity index (χ1) is 26.8. The van der Waals surface area contributed by atoms with Crippen LogP contribution in [0.15, 0.2) is 217 Å².